The summed E-state index contributed by atoms with van der Waals surface area (Å²) in [5, 5.41) is 19.7. The zero-order valence-electron chi connectivity index (χ0n) is 20.5. The van der Waals surface area contributed by atoms with Crippen molar-refractivity contribution in [3.05, 3.63) is 51.5 Å². The van der Waals surface area contributed by atoms with Crippen LogP contribution in [-0.4, -0.2) is 66.5 Å². The van der Waals surface area contributed by atoms with Crippen molar-refractivity contribution >= 4 is 74.0 Å². The van der Waals surface area contributed by atoms with Gasteiger partial charge in [0, 0.05) is 21.7 Å². The first-order valence-corrected chi connectivity index (χ1v) is 13.8. The van der Waals surface area contributed by atoms with Crippen LogP contribution in [0.4, 0.5) is 5.13 Å². The van der Waals surface area contributed by atoms with E-state index in [0.717, 1.165) is 31.6 Å². The van der Waals surface area contributed by atoms with Gasteiger partial charge >= 0.3 is 29.6 Å². The fourth-order valence-corrected chi connectivity index (χ4v) is 6.82. The number of carboxylic acids is 1. The number of amides is 2. The minimum atomic E-state index is -1.46. The number of aromatic nitrogens is 3. The molecule has 0 unspecified atom stereocenters. The third-order valence-corrected chi connectivity index (χ3v) is 8.85. The number of β-lactam (4-membered cyclic amide) rings is 1. The Morgan fingerprint density at radius 2 is 2.18 bits per heavy atom. The molecule has 0 saturated carbocycles. The van der Waals surface area contributed by atoms with E-state index < -0.39 is 29.2 Å². The Bertz CT molecular complexity index is 1510. The number of nitrogen functional groups attached to an aromatic ring is 1. The van der Waals surface area contributed by atoms with Gasteiger partial charge in [0.2, 0.25) is 0 Å². The molecule has 5 rings (SSSR count). The van der Waals surface area contributed by atoms with E-state index in [4.69, 9.17) is 10.6 Å². The molecule has 192 valence electrons. The number of allylic oxidation sites excluding steroid dienone is 1. The largest absolute Gasteiger partial charge is 1.00 e. The van der Waals surface area contributed by atoms with Gasteiger partial charge in [-0.1, -0.05) is 11.2 Å². The number of oxime groups is 1. The molecular weight excluding hydrogens is 561 g/mol. The topological polar surface area (TPSA) is 167 Å². The van der Waals surface area contributed by atoms with Crippen LogP contribution in [0.1, 0.15) is 23.2 Å². The molecule has 1 saturated heterocycles. The van der Waals surface area contributed by atoms with Gasteiger partial charge in [-0.25, -0.2) is 9.97 Å². The number of thioether (sulfide) groups is 1. The molecular formula is C22H20N7NaO5S3. The summed E-state index contributed by atoms with van der Waals surface area (Å²) in [4.78, 5) is 54.3. The molecule has 5 heterocycles. The number of imidazole rings is 1. The summed E-state index contributed by atoms with van der Waals surface area (Å²) in [6.45, 7) is 3.87. The van der Waals surface area contributed by atoms with Gasteiger partial charge in [0.25, 0.3) is 11.8 Å². The van der Waals surface area contributed by atoms with Crippen LogP contribution >= 0.6 is 34.4 Å². The number of hydrogen-bond donors (Lipinski definition) is 2. The Hall–Kier alpha value is -2.69. The molecule has 1 fully saturated rings. The molecule has 3 N–H and O–H groups in total. The summed E-state index contributed by atoms with van der Waals surface area (Å²) in [7, 11) is 0. The van der Waals surface area contributed by atoms with Crippen molar-refractivity contribution in [2.45, 2.75) is 25.3 Å². The molecule has 2 aliphatic rings. The summed E-state index contributed by atoms with van der Waals surface area (Å²) in [5.74, 6) is -2.38. The van der Waals surface area contributed by atoms with Crippen LogP contribution in [-0.2, 0) is 19.2 Å². The molecule has 2 atom stereocenters. The molecule has 0 spiro atoms. The number of nitrogens with one attached hydrogen (secondary N) is 1. The van der Waals surface area contributed by atoms with Crippen LogP contribution in [0.2, 0.25) is 0 Å². The Kier molecular flexibility index (Phi) is 8.64. The van der Waals surface area contributed by atoms with Crippen LogP contribution in [0.15, 0.2) is 40.4 Å². The van der Waals surface area contributed by atoms with E-state index in [1.807, 2.05) is 17.4 Å². The number of thiazole rings is 2. The monoisotopic (exact) mass is 581 g/mol. The smallest absolute Gasteiger partial charge is 0.543 e. The van der Waals surface area contributed by atoms with Crippen molar-refractivity contribution in [3.63, 3.8) is 0 Å². The first-order chi connectivity index (χ1) is 17.8. The molecule has 2 amide bonds. The molecule has 3 aromatic rings. The van der Waals surface area contributed by atoms with E-state index in [0.29, 0.717) is 11.3 Å². The van der Waals surface area contributed by atoms with E-state index in [1.165, 1.54) is 23.1 Å². The molecule has 0 aromatic carbocycles. The van der Waals surface area contributed by atoms with Crippen LogP contribution in [0.25, 0.3) is 10.9 Å². The summed E-state index contributed by atoms with van der Waals surface area (Å²) >= 11 is 4.00. The van der Waals surface area contributed by atoms with Gasteiger partial charge in [0.05, 0.1) is 17.9 Å². The number of anilines is 1. The van der Waals surface area contributed by atoms with Crippen molar-refractivity contribution in [3.8, 4) is 0 Å². The van der Waals surface area contributed by atoms with Gasteiger partial charge in [0.1, 0.15) is 34.9 Å². The standard InChI is InChI=1S/C22H21N7O5S3.Na/c1-3-34-27-15(12-8-36-22(23)25-12)18(30)26-16-19(31)29-17(21(32)33)11(7-35-20(16)29)4-5-13-10(2)28-9-24-6-14(28)37-13;/h4-6,8-9,16,20H,3,7H2,1-2H3,(H2,23,25)(H,26,30)(H,32,33);/q;+1/p-1/b5-4+,27-15-;/t16-,20-;/m1./s1. The number of nitrogens with zero attached hydrogens (tertiary/aromatic N) is 5. The Labute approximate surface area is 250 Å². The number of carbonyl (C=O) groups is 3. The van der Waals surface area contributed by atoms with Gasteiger partial charge < -0.3 is 25.8 Å². The Morgan fingerprint density at radius 3 is 2.84 bits per heavy atom. The van der Waals surface area contributed by atoms with Crippen molar-refractivity contribution < 1.29 is 53.9 Å². The summed E-state index contributed by atoms with van der Waals surface area (Å²) in [6, 6.07) is -0.950. The maximum absolute atomic E-state index is 13.0. The average molecular weight is 582 g/mol. The predicted octanol–water partition coefficient (Wildman–Crippen LogP) is -2.40. The van der Waals surface area contributed by atoms with Crippen molar-refractivity contribution in [1.82, 2.24) is 24.6 Å². The second-order valence-electron chi connectivity index (χ2n) is 7.94. The molecule has 0 radical (unpaired) electrons. The number of hydrogen-bond acceptors (Lipinski definition) is 12. The average Bonchev–Trinajstić information content (AvgIpc) is 3.59. The number of aliphatic carboxylic acids is 1. The normalized spacial score (nSPS) is 19.4. The number of fused-ring (bicyclic) bond motifs is 2. The molecule has 0 bridgehead atoms. The fourth-order valence-electron chi connectivity index (χ4n) is 3.95. The number of aryl methyl sites for hydroxylation is 1. The SMILES string of the molecule is CCO/N=C(\C(=O)N[C@@H]1C(=O)N2C(C(=O)[O-])=C(/C=C/c3sc4cncn4c3C)CS[C@H]12)c1csc(N)n1.[Na+]. The quantitative estimate of drug-likeness (QED) is 0.128. The van der Waals surface area contributed by atoms with Gasteiger partial charge in [-0.2, -0.15) is 0 Å². The van der Waals surface area contributed by atoms with Crippen molar-refractivity contribution in [2.75, 3.05) is 18.1 Å². The van der Waals surface area contributed by atoms with Gasteiger partial charge in [-0.3, -0.25) is 18.9 Å². The number of nitrogens with two attached hydrogens (primary N) is 1. The molecule has 2 aliphatic heterocycles. The number of carbonyl (C=O) groups excluding carboxylic acids is 3. The van der Waals surface area contributed by atoms with Crippen molar-refractivity contribution in [2.24, 2.45) is 5.16 Å². The zero-order chi connectivity index (χ0) is 26.3. The second-order valence-corrected chi connectivity index (χ2v) is 11.0. The summed E-state index contributed by atoms with van der Waals surface area (Å²) < 4.78 is 1.94. The van der Waals surface area contributed by atoms with Crippen LogP contribution in [0.5, 0.6) is 0 Å². The minimum absolute atomic E-state index is 0. The fraction of sp³-hybridized carbons (Fsp3) is 0.273. The minimum Gasteiger partial charge on any atom is -0.543 e. The van der Waals surface area contributed by atoms with Gasteiger partial charge in [-0.05, 0) is 25.5 Å². The Morgan fingerprint density at radius 1 is 1.39 bits per heavy atom. The van der Waals surface area contributed by atoms with Crippen LogP contribution in [0, 0.1) is 6.92 Å². The zero-order valence-corrected chi connectivity index (χ0v) is 25.0. The maximum Gasteiger partial charge on any atom is 1.00 e. The van der Waals surface area contributed by atoms with E-state index in [9.17, 15) is 19.5 Å². The number of rotatable bonds is 8. The summed E-state index contributed by atoms with van der Waals surface area (Å²) in [6.07, 6.45) is 6.99. The van der Waals surface area contributed by atoms with Crippen molar-refractivity contribution in [1.29, 1.82) is 0 Å². The first-order valence-electron chi connectivity index (χ1n) is 11.0. The van der Waals surface area contributed by atoms with E-state index in [1.54, 1.807) is 30.9 Å². The second kappa shape index (κ2) is 11.6. The molecule has 38 heavy (non-hydrogen) atoms. The molecule has 3 aromatic heterocycles. The molecule has 0 aliphatic carbocycles. The third-order valence-electron chi connectivity index (χ3n) is 5.72. The molecule has 12 nitrogen and oxygen atoms in total. The van der Waals surface area contributed by atoms with E-state index in [2.05, 4.69) is 20.4 Å². The Balaban J connectivity index is 0.00000336. The van der Waals surface area contributed by atoms with E-state index in [-0.39, 0.29) is 58.4 Å². The van der Waals surface area contributed by atoms with Gasteiger partial charge in [0.15, 0.2) is 10.8 Å². The maximum atomic E-state index is 13.0. The number of carboxylic acid groups (broad SMARTS) is 1. The van der Waals surface area contributed by atoms with Crippen LogP contribution < -0.4 is 45.7 Å². The first kappa shape index (κ1) is 28.3. The predicted molar refractivity (Wildman–Crippen MR) is 139 cm³/mol. The van der Waals surface area contributed by atoms with E-state index >= 15 is 0 Å². The molecule has 16 heteroatoms. The third kappa shape index (κ3) is 5.13. The van der Waals surface area contributed by atoms with Crippen LogP contribution in [0.3, 0.4) is 0 Å². The summed E-state index contributed by atoms with van der Waals surface area (Å²) in [5.41, 5.74) is 6.99. The van der Waals surface area contributed by atoms with Gasteiger partial charge in [-0.15, -0.1) is 34.4 Å².